The van der Waals surface area contributed by atoms with Gasteiger partial charge in [0.05, 0.1) is 28.2 Å². The molecule has 0 radical (unpaired) electrons. The summed E-state index contributed by atoms with van der Waals surface area (Å²) in [4.78, 5) is 26.1. The Morgan fingerprint density at radius 1 is 1.27 bits per heavy atom. The van der Waals surface area contributed by atoms with Crippen molar-refractivity contribution >= 4 is 40.1 Å². The number of hydrogen-bond acceptors (Lipinski definition) is 9. The lowest BCUT2D eigenvalue weighted by Gasteiger charge is -2.23. The molecule has 1 atom stereocenters. The maximum atomic E-state index is 14.1. The van der Waals surface area contributed by atoms with Crippen molar-refractivity contribution in [2.75, 3.05) is 16.8 Å². The number of nitrogens with one attached hydrogen (secondary N) is 2. The summed E-state index contributed by atoms with van der Waals surface area (Å²) in [6, 6.07) is 5.54. The molecule has 11 nitrogen and oxygen atoms in total. The molecule has 1 aromatic carbocycles. The zero-order chi connectivity index (χ0) is 23.3. The fourth-order valence-corrected chi connectivity index (χ4v) is 3.96. The fourth-order valence-electron chi connectivity index (χ4n) is 3.72. The number of nitrogens with zero attached hydrogens (tertiary/aromatic N) is 6. The van der Waals surface area contributed by atoms with Crippen LogP contribution in [0.1, 0.15) is 30.3 Å². The van der Waals surface area contributed by atoms with Crippen LogP contribution in [0.25, 0.3) is 16.7 Å². The summed E-state index contributed by atoms with van der Waals surface area (Å²) < 4.78 is 15.4. The first kappa shape index (κ1) is 20.7. The van der Waals surface area contributed by atoms with Gasteiger partial charge in [-0.15, -0.1) is 0 Å². The Balaban J connectivity index is 1.76. The van der Waals surface area contributed by atoms with Gasteiger partial charge < -0.3 is 16.8 Å². The van der Waals surface area contributed by atoms with Crippen LogP contribution in [0, 0.1) is 23.1 Å². The third-order valence-electron chi connectivity index (χ3n) is 5.41. The summed E-state index contributed by atoms with van der Waals surface area (Å²) >= 11 is 6.13. The number of hydrogen-bond donors (Lipinski definition) is 4. The van der Waals surface area contributed by atoms with E-state index in [9.17, 15) is 14.4 Å². The molecule has 3 aromatic heterocycles. The summed E-state index contributed by atoms with van der Waals surface area (Å²) in [5, 5.41) is 19.0. The first-order valence-corrected chi connectivity index (χ1v) is 10.3. The SMILES string of the molecule is N#Cc1c(N)nc(N)nc1N[C@H](c1nc2ccc(F)c(Cl)c2c(=O)n1-c1ccn[nH]1)C1CC1. The molecular weight excluding hydrogens is 451 g/mol. The lowest BCUT2D eigenvalue weighted by Crippen LogP contribution is -2.30. The normalized spacial score (nSPS) is 14.2. The number of nitrogen functional groups attached to an aromatic ring is 2. The summed E-state index contributed by atoms with van der Waals surface area (Å²) in [6.45, 7) is 0. The molecular formula is C20H16ClFN10O. The van der Waals surface area contributed by atoms with E-state index in [4.69, 9.17) is 23.1 Å². The van der Waals surface area contributed by atoms with Crippen molar-refractivity contribution in [1.29, 1.82) is 5.26 Å². The Labute approximate surface area is 190 Å². The number of halogens is 2. The molecule has 0 saturated heterocycles. The van der Waals surface area contributed by atoms with Crippen molar-refractivity contribution in [3.05, 3.63) is 57.0 Å². The molecule has 166 valence electrons. The number of aromatic nitrogens is 6. The number of H-pyrrole nitrogens is 1. The predicted octanol–water partition coefficient (Wildman–Crippen LogP) is 2.29. The zero-order valence-corrected chi connectivity index (χ0v) is 17.6. The largest absolute Gasteiger partial charge is 0.382 e. The van der Waals surface area contributed by atoms with E-state index in [0.717, 1.165) is 18.9 Å². The van der Waals surface area contributed by atoms with Gasteiger partial charge in [-0.05, 0) is 30.9 Å². The van der Waals surface area contributed by atoms with Gasteiger partial charge in [0.2, 0.25) is 5.95 Å². The van der Waals surface area contributed by atoms with Crippen molar-refractivity contribution in [3.63, 3.8) is 0 Å². The number of aromatic amines is 1. The molecule has 1 fully saturated rings. The van der Waals surface area contributed by atoms with E-state index in [-0.39, 0.29) is 45.0 Å². The van der Waals surface area contributed by atoms with Crippen molar-refractivity contribution in [2.45, 2.75) is 18.9 Å². The summed E-state index contributed by atoms with van der Waals surface area (Å²) in [7, 11) is 0. The molecule has 5 rings (SSSR count). The minimum absolute atomic E-state index is 0.0243. The first-order chi connectivity index (χ1) is 15.9. The van der Waals surface area contributed by atoms with E-state index in [1.54, 1.807) is 6.07 Å². The highest BCUT2D eigenvalue weighted by Gasteiger charge is 2.37. The third-order valence-corrected chi connectivity index (χ3v) is 5.78. The number of nitrogens with two attached hydrogens (primary N) is 2. The van der Waals surface area contributed by atoms with Gasteiger partial charge in [-0.2, -0.15) is 20.3 Å². The predicted molar refractivity (Wildman–Crippen MR) is 119 cm³/mol. The lowest BCUT2D eigenvalue weighted by molar-refractivity contribution is 0.604. The molecule has 0 aliphatic heterocycles. The van der Waals surface area contributed by atoms with Crippen LogP contribution in [-0.2, 0) is 0 Å². The van der Waals surface area contributed by atoms with Crippen LogP contribution >= 0.6 is 11.6 Å². The molecule has 13 heteroatoms. The molecule has 1 saturated carbocycles. The summed E-state index contributed by atoms with van der Waals surface area (Å²) in [5.74, 6) is -0.0779. The third kappa shape index (κ3) is 3.48. The van der Waals surface area contributed by atoms with Gasteiger partial charge in [0, 0.05) is 6.07 Å². The second-order valence-electron chi connectivity index (χ2n) is 7.57. The Hall–Kier alpha value is -4.24. The molecule has 4 aromatic rings. The quantitative estimate of drug-likeness (QED) is 0.343. The molecule has 0 amide bonds. The lowest BCUT2D eigenvalue weighted by atomic mass is 10.1. The Kier molecular flexibility index (Phi) is 4.83. The van der Waals surface area contributed by atoms with Gasteiger partial charge in [0.25, 0.3) is 5.56 Å². The van der Waals surface area contributed by atoms with E-state index in [1.165, 1.54) is 16.8 Å². The average Bonchev–Trinajstić information content (AvgIpc) is 3.48. The summed E-state index contributed by atoms with van der Waals surface area (Å²) in [6.07, 6.45) is 3.16. The van der Waals surface area contributed by atoms with Crippen LogP contribution in [0.3, 0.4) is 0 Å². The number of rotatable bonds is 5. The second-order valence-corrected chi connectivity index (χ2v) is 7.95. The molecule has 6 N–H and O–H groups in total. The van der Waals surface area contributed by atoms with Crippen molar-refractivity contribution in [1.82, 2.24) is 29.7 Å². The second kappa shape index (κ2) is 7.72. The smallest absolute Gasteiger partial charge is 0.268 e. The Bertz CT molecular complexity index is 1490. The maximum absolute atomic E-state index is 14.1. The first-order valence-electron chi connectivity index (χ1n) is 9.89. The van der Waals surface area contributed by atoms with Gasteiger partial charge >= 0.3 is 0 Å². The standard InChI is InChI=1S/C20H16ClFN10O/c21-14-10(22)3-4-11-13(14)19(33)32(12-5-6-26-31-12)18(27-11)15(8-1-2-8)28-17-9(7-23)16(24)29-20(25)30-17/h3-6,8,15H,1-2H2,(H,26,31)(H5,24,25,28,29,30)/t15-/m0/s1. The highest BCUT2D eigenvalue weighted by atomic mass is 35.5. The molecule has 0 spiro atoms. The van der Waals surface area contributed by atoms with E-state index in [1.807, 2.05) is 6.07 Å². The van der Waals surface area contributed by atoms with Gasteiger partial charge in [-0.25, -0.2) is 13.9 Å². The molecule has 1 aliphatic rings. The fraction of sp³-hybridized carbons (Fsp3) is 0.200. The molecule has 0 unspecified atom stereocenters. The molecule has 0 bridgehead atoms. The molecule has 3 heterocycles. The van der Waals surface area contributed by atoms with Gasteiger partial charge in [0.1, 0.15) is 34.9 Å². The van der Waals surface area contributed by atoms with Gasteiger partial charge in [-0.3, -0.25) is 9.89 Å². The minimum atomic E-state index is -0.727. The average molecular weight is 467 g/mol. The number of fused-ring (bicyclic) bond motifs is 1. The Morgan fingerprint density at radius 2 is 2.06 bits per heavy atom. The van der Waals surface area contributed by atoms with Crippen LogP contribution in [0.2, 0.25) is 5.02 Å². The topological polar surface area (TPSA) is 177 Å². The zero-order valence-electron chi connectivity index (χ0n) is 16.9. The number of nitriles is 1. The highest BCUT2D eigenvalue weighted by molar-refractivity contribution is 6.35. The monoisotopic (exact) mass is 466 g/mol. The highest BCUT2D eigenvalue weighted by Crippen LogP contribution is 2.43. The van der Waals surface area contributed by atoms with Crippen molar-refractivity contribution in [3.8, 4) is 11.9 Å². The van der Waals surface area contributed by atoms with E-state index >= 15 is 0 Å². The van der Waals surface area contributed by atoms with Crippen LogP contribution in [-0.4, -0.2) is 29.7 Å². The van der Waals surface area contributed by atoms with E-state index in [2.05, 4.69) is 30.5 Å². The van der Waals surface area contributed by atoms with Crippen LogP contribution in [0.5, 0.6) is 0 Å². The molecule has 1 aliphatic carbocycles. The maximum Gasteiger partial charge on any atom is 0.268 e. The van der Waals surface area contributed by atoms with E-state index in [0.29, 0.717) is 11.6 Å². The van der Waals surface area contributed by atoms with Crippen LogP contribution < -0.4 is 22.3 Å². The van der Waals surface area contributed by atoms with Crippen LogP contribution in [0.4, 0.5) is 22.0 Å². The minimum Gasteiger partial charge on any atom is -0.382 e. The van der Waals surface area contributed by atoms with Gasteiger partial charge in [-0.1, -0.05) is 11.6 Å². The van der Waals surface area contributed by atoms with Gasteiger partial charge in [0.15, 0.2) is 5.82 Å². The summed E-state index contributed by atoms with van der Waals surface area (Å²) in [5.41, 5.74) is 11.3. The number of benzene rings is 1. The Morgan fingerprint density at radius 3 is 2.73 bits per heavy atom. The van der Waals surface area contributed by atoms with Crippen LogP contribution in [0.15, 0.2) is 29.2 Å². The van der Waals surface area contributed by atoms with Crippen molar-refractivity contribution < 1.29 is 4.39 Å². The molecule has 33 heavy (non-hydrogen) atoms. The number of anilines is 3. The van der Waals surface area contributed by atoms with E-state index < -0.39 is 17.4 Å². The van der Waals surface area contributed by atoms with Crippen molar-refractivity contribution in [2.24, 2.45) is 5.92 Å².